The lowest BCUT2D eigenvalue weighted by Gasteiger charge is -2.06. The molecule has 0 radical (unpaired) electrons. The summed E-state index contributed by atoms with van der Waals surface area (Å²) in [5.41, 5.74) is 0. The lowest BCUT2D eigenvalue weighted by Crippen LogP contribution is -2.13. The Kier molecular flexibility index (Phi) is 9.06. The summed E-state index contributed by atoms with van der Waals surface area (Å²) in [7, 11) is -2.90. The molecule has 0 aliphatic rings. The van der Waals surface area contributed by atoms with Gasteiger partial charge < -0.3 is 4.74 Å². The molecule has 0 aromatic rings. The molecule has 0 aromatic carbocycles. The van der Waals surface area contributed by atoms with Crippen LogP contribution in [0.5, 0.6) is 0 Å². The van der Waals surface area contributed by atoms with Crippen LogP contribution in [0.15, 0.2) is 0 Å². The molecule has 0 aliphatic carbocycles. The van der Waals surface area contributed by atoms with Gasteiger partial charge in [-0.1, -0.05) is 20.3 Å². The lowest BCUT2D eigenvalue weighted by molar-refractivity contribution is -0.143. The van der Waals surface area contributed by atoms with Gasteiger partial charge in [0.2, 0.25) is 0 Å². The summed E-state index contributed by atoms with van der Waals surface area (Å²) < 4.78 is 28.1. The Labute approximate surface area is 111 Å². The quantitative estimate of drug-likeness (QED) is 0.455. The van der Waals surface area contributed by atoms with Crippen molar-refractivity contribution in [2.75, 3.05) is 18.1 Å². The van der Waals surface area contributed by atoms with Crippen LogP contribution in [0.3, 0.4) is 0 Å². The number of sulfone groups is 1. The van der Waals surface area contributed by atoms with Gasteiger partial charge in [0.1, 0.15) is 9.84 Å². The Balaban J connectivity index is 3.62. The molecule has 0 aromatic heterocycles. The van der Waals surface area contributed by atoms with E-state index in [9.17, 15) is 13.2 Å². The van der Waals surface area contributed by atoms with Crippen LogP contribution in [0, 0.1) is 5.92 Å². The third kappa shape index (κ3) is 10.6. The van der Waals surface area contributed by atoms with Gasteiger partial charge in [-0.2, -0.15) is 0 Å². The average Bonchev–Trinajstić information content (AvgIpc) is 2.26. The number of hydrogen-bond acceptors (Lipinski definition) is 4. The summed E-state index contributed by atoms with van der Waals surface area (Å²) >= 11 is 0. The smallest absolute Gasteiger partial charge is 0.305 e. The average molecular weight is 278 g/mol. The van der Waals surface area contributed by atoms with Crippen molar-refractivity contribution < 1.29 is 17.9 Å². The van der Waals surface area contributed by atoms with Crippen molar-refractivity contribution in [2.24, 2.45) is 5.92 Å². The van der Waals surface area contributed by atoms with Crippen molar-refractivity contribution in [3.8, 4) is 0 Å². The molecular weight excluding hydrogens is 252 g/mol. The number of hydrogen-bond donors (Lipinski definition) is 0. The predicted octanol–water partition coefficient (Wildman–Crippen LogP) is 2.57. The van der Waals surface area contributed by atoms with E-state index in [-0.39, 0.29) is 17.5 Å². The Morgan fingerprint density at radius 3 is 2.33 bits per heavy atom. The molecular formula is C13H26O4S. The van der Waals surface area contributed by atoms with Crippen molar-refractivity contribution in [1.29, 1.82) is 0 Å². The first kappa shape index (κ1) is 17.4. The minimum absolute atomic E-state index is 0.194. The Hall–Kier alpha value is -0.580. The van der Waals surface area contributed by atoms with E-state index in [0.29, 0.717) is 31.8 Å². The Morgan fingerprint density at radius 1 is 1.11 bits per heavy atom. The van der Waals surface area contributed by atoms with E-state index in [1.54, 1.807) is 6.92 Å². The highest BCUT2D eigenvalue weighted by Gasteiger charge is 2.11. The normalized spacial score (nSPS) is 11.8. The van der Waals surface area contributed by atoms with Crippen molar-refractivity contribution in [3.05, 3.63) is 0 Å². The Bertz CT molecular complexity index is 320. The number of carbonyl (C=O) groups is 1. The van der Waals surface area contributed by atoms with Crippen LogP contribution in [0.25, 0.3) is 0 Å². The zero-order valence-corrected chi connectivity index (χ0v) is 12.6. The summed E-state index contributed by atoms with van der Waals surface area (Å²) in [5, 5.41) is 0. The van der Waals surface area contributed by atoms with E-state index in [1.165, 1.54) is 0 Å². The highest BCUT2D eigenvalue weighted by atomic mass is 32.2. The van der Waals surface area contributed by atoms with Gasteiger partial charge in [-0.05, 0) is 32.1 Å². The van der Waals surface area contributed by atoms with E-state index >= 15 is 0 Å². The van der Waals surface area contributed by atoms with E-state index in [2.05, 4.69) is 0 Å². The molecule has 0 bridgehead atoms. The van der Waals surface area contributed by atoms with Crippen LogP contribution in [0.4, 0.5) is 0 Å². The summed E-state index contributed by atoms with van der Waals surface area (Å²) in [6, 6.07) is 0. The van der Waals surface area contributed by atoms with Crippen LogP contribution >= 0.6 is 0 Å². The maximum Gasteiger partial charge on any atom is 0.305 e. The number of unbranched alkanes of at least 4 members (excludes halogenated alkanes) is 2. The fourth-order valence-electron chi connectivity index (χ4n) is 1.52. The van der Waals surface area contributed by atoms with Crippen LogP contribution in [0.2, 0.25) is 0 Å². The minimum atomic E-state index is -2.90. The van der Waals surface area contributed by atoms with Crippen molar-refractivity contribution in [3.63, 3.8) is 0 Å². The zero-order chi connectivity index (χ0) is 14.0. The molecule has 4 nitrogen and oxygen atoms in total. The molecule has 0 unspecified atom stereocenters. The molecule has 0 spiro atoms. The standard InChI is InChI=1S/C13H26O4S/c1-4-17-13(14)8-6-5-7-10-18(15,16)11-9-12(2)3/h12H,4-11H2,1-3H3. The maximum atomic E-state index is 11.6. The summed E-state index contributed by atoms with van der Waals surface area (Å²) in [5.74, 6) is 0.745. The highest BCUT2D eigenvalue weighted by Crippen LogP contribution is 2.08. The van der Waals surface area contributed by atoms with E-state index < -0.39 is 9.84 Å². The lowest BCUT2D eigenvalue weighted by atomic mass is 10.2. The van der Waals surface area contributed by atoms with E-state index in [4.69, 9.17) is 4.74 Å². The molecule has 0 heterocycles. The van der Waals surface area contributed by atoms with Crippen molar-refractivity contribution in [2.45, 2.75) is 52.9 Å². The molecule has 0 atom stereocenters. The second-order valence-corrected chi connectivity index (χ2v) is 7.25. The van der Waals surface area contributed by atoms with Gasteiger partial charge in [0.15, 0.2) is 0 Å². The summed E-state index contributed by atoms with van der Waals surface area (Å²) in [6.45, 7) is 6.23. The molecule has 0 N–H and O–H groups in total. The second-order valence-electron chi connectivity index (χ2n) is 4.95. The molecule has 0 fully saturated rings. The van der Waals surface area contributed by atoms with Gasteiger partial charge in [0.05, 0.1) is 18.1 Å². The largest absolute Gasteiger partial charge is 0.466 e. The Morgan fingerprint density at radius 2 is 1.78 bits per heavy atom. The summed E-state index contributed by atoms with van der Waals surface area (Å²) in [4.78, 5) is 11.0. The molecule has 0 amide bonds. The number of esters is 1. The number of ether oxygens (including phenoxy) is 1. The highest BCUT2D eigenvalue weighted by molar-refractivity contribution is 7.91. The third-order valence-corrected chi connectivity index (χ3v) is 4.42. The van der Waals surface area contributed by atoms with Crippen LogP contribution in [-0.4, -0.2) is 32.5 Å². The van der Waals surface area contributed by atoms with Crippen LogP contribution in [0.1, 0.15) is 52.9 Å². The summed E-state index contributed by atoms with van der Waals surface area (Å²) in [6.07, 6.45) is 3.23. The van der Waals surface area contributed by atoms with Crippen LogP contribution in [-0.2, 0) is 19.4 Å². The molecule has 0 aliphatic heterocycles. The molecule has 0 rings (SSSR count). The molecule has 18 heavy (non-hydrogen) atoms. The number of carbonyl (C=O) groups excluding carboxylic acids is 1. The van der Waals surface area contributed by atoms with Gasteiger partial charge in [0, 0.05) is 6.42 Å². The molecule has 0 saturated heterocycles. The first-order valence-corrected chi connectivity index (χ1v) is 8.55. The van der Waals surface area contributed by atoms with Gasteiger partial charge in [0.25, 0.3) is 0 Å². The first-order chi connectivity index (χ1) is 8.37. The SMILES string of the molecule is CCOC(=O)CCCCCS(=O)(=O)CCC(C)C. The predicted molar refractivity (Wildman–Crippen MR) is 73.2 cm³/mol. The molecule has 0 saturated carbocycles. The van der Waals surface area contributed by atoms with Gasteiger partial charge in [-0.3, -0.25) is 4.79 Å². The van der Waals surface area contributed by atoms with Crippen molar-refractivity contribution >= 4 is 15.8 Å². The second kappa shape index (κ2) is 9.36. The van der Waals surface area contributed by atoms with Gasteiger partial charge in [-0.15, -0.1) is 0 Å². The first-order valence-electron chi connectivity index (χ1n) is 6.73. The van der Waals surface area contributed by atoms with Crippen molar-refractivity contribution in [1.82, 2.24) is 0 Å². The third-order valence-electron chi connectivity index (χ3n) is 2.65. The topological polar surface area (TPSA) is 60.4 Å². The van der Waals surface area contributed by atoms with E-state index in [0.717, 1.165) is 12.8 Å². The van der Waals surface area contributed by atoms with Crippen LogP contribution < -0.4 is 0 Å². The van der Waals surface area contributed by atoms with Gasteiger partial charge in [-0.25, -0.2) is 8.42 Å². The molecule has 5 heteroatoms. The number of rotatable bonds is 10. The fourth-order valence-corrected chi connectivity index (χ4v) is 3.20. The van der Waals surface area contributed by atoms with E-state index in [1.807, 2.05) is 13.8 Å². The monoisotopic (exact) mass is 278 g/mol. The van der Waals surface area contributed by atoms with Gasteiger partial charge >= 0.3 is 5.97 Å². The maximum absolute atomic E-state index is 11.6. The molecule has 108 valence electrons. The fraction of sp³-hybridized carbons (Fsp3) is 0.923. The zero-order valence-electron chi connectivity index (χ0n) is 11.8. The minimum Gasteiger partial charge on any atom is -0.466 e.